The van der Waals surface area contributed by atoms with Gasteiger partial charge < -0.3 is 0 Å². The van der Waals surface area contributed by atoms with Crippen LogP contribution in [0.3, 0.4) is 0 Å². The molecule has 0 atom stereocenters. The molecule has 0 spiro atoms. The Morgan fingerprint density at radius 3 is 1.65 bits per heavy atom. The Labute approximate surface area is 314 Å². The van der Waals surface area contributed by atoms with Crippen molar-refractivity contribution in [2.45, 2.75) is 0 Å². The Kier molecular flexibility index (Phi) is 7.85. The van der Waals surface area contributed by atoms with Gasteiger partial charge in [0.1, 0.15) is 0 Å². The first kappa shape index (κ1) is 31.6. The number of aromatic nitrogens is 2. The van der Waals surface area contributed by atoms with Crippen LogP contribution in [0.2, 0.25) is 0 Å². The van der Waals surface area contributed by atoms with Crippen molar-refractivity contribution in [2.24, 2.45) is 0 Å². The SMILES string of the molecule is c1ccc(-c2cccc(-c3cc(-c4ccccc4-c4ccccc4)nc(-c4ccc(-c5c6ccccc6cc6c5ccc5ccccc56)cc4)n3)c2)cc1. The molecule has 1 heterocycles. The van der Waals surface area contributed by atoms with Crippen LogP contribution in [0.5, 0.6) is 0 Å². The van der Waals surface area contributed by atoms with Crippen LogP contribution in [0.15, 0.2) is 206 Å². The molecule has 0 saturated carbocycles. The van der Waals surface area contributed by atoms with Crippen molar-refractivity contribution in [1.29, 1.82) is 0 Å². The highest BCUT2D eigenvalue weighted by Crippen LogP contribution is 2.40. The van der Waals surface area contributed by atoms with Crippen molar-refractivity contribution < 1.29 is 0 Å². The van der Waals surface area contributed by atoms with E-state index in [1.807, 2.05) is 0 Å². The predicted molar refractivity (Wildman–Crippen MR) is 227 cm³/mol. The third-order valence-electron chi connectivity index (χ3n) is 10.5. The summed E-state index contributed by atoms with van der Waals surface area (Å²) in [6, 6.07) is 73.4. The first-order chi connectivity index (χ1) is 26.8. The number of nitrogens with zero attached hydrogens (tertiary/aromatic N) is 2. The maximum atomic E-state index is 5.29. The number of hydrogen-bond donors (Lipinski definition) is 0. The average Bonchev–Trinajstić information content (AvgIpc) is 3.26. The first-order valence-corrected chi connectivity index (χ1v) is 18.4. The summed E-state index contributed by atoms with van der Waals surface area (Å²) < 4.78 is 0. The van der Waals surface area contributed by atoms with E-state index in [1.165, 1.54) is 43.4 Å². The average molecular weight is 687 g/mol. The molecule has 0 radical (unpaired) electrons. The summed E-state index contributed by atoms with van der Waals surface area (Å²) in [5.41, 5.74) is 11.9. The van der Waals surface area contributed by atoms with Crippen LogP contribution in [0.1, 0.15) is 0 Å². The van der Waals surface area contributed by atoms with Gasteiger partial charge in [0.15, 0.2) is 5.82 Å². The molecule has 0 unspecified atom stereocenters. The summed E-state index contributed by atoms with van der Waals surface area (Å²) >= 11 is 0. The van der Waals surface area contributed by atoms with E-state index in [-0.39, 0.29) is 0 Å². The molecule has 9 aromatic carbocycles. The molecule has 0 aliphatic heterocycles. The van der Waals surface area contributed by atoms with Gasteiger partial charge in [-0.3, -0.25) is 0 Å². The molecule has 54 heavy (non-hydrogen) atoms. The Balaban J connectivity index is 1.14. The van der Waals surface area contributed by atoms with E-state index in [4.69, 9.17) is 9.97 Å². The Morgan fingerprint density at radius 1 is 0.259 bits per heavy atom. The predicted octanol–water partition coefficient (Wildman–Crippen LogP) is 13.9. The molecule has 0 amide bonds. The molecule has 0 saturated heterocycles. The second-order valence-electron chi connectivity index (χ2n) is 13.8. The zero-order chi connectivity index (χ0) is 35.8. The topological polar surface area (TPSA) is 25.8 Å². The van der Waals surface area contributed by atoms with Gasteiger partial charge in [0, 0.05) is 16.7 Å². The normalized spacial score (nSPS) is 11.3. The number of hydrogen-bond acceptors (Lipinski definition) is 2. The van der Waals surface area contributed by atoms with Gasteiger partial charge in [-0.05, 0) is 83.9 Å². The smallest absolute Gasteiger partial charge is 0.160 e. The van der Waals surface area contributed by atoms with Gasteiger partial charge in [0.05, 0.1) is 11.4 Å². The minimum absolute atomic E-state index is 0.691. The zero-order valence-electron chi connectivity index (χ0n) is 29.5. The van der Waals surface area contributed by atoms with Crippen LogP contribution in [0, 0.1) is 0 Å². The van der Waals surface area contributed by atoms with Crippen LogP contribution < -0.4 is 0 Å². The molecular formula is C52H34N2. The second-order valence-corrected chi connectivity index (χ2v) is 13.8. The first-order valence-electron chi connectivity index (χ1n) is 18.4. The fourth-order valence-corrected chi connectivity index (χ4v) is 7.84. The van der Waals surface area contributed by atoms with Gasteiger partial charge in [-0.25, -0.2) is 9.97 Å². The van der Waals surface area contributed by atoms with E-state index in [1.54, 1.807) is 0 Å². The number of fused-ring (bicyclic) bond motifs is 4. The monoisotopic (exact) mass is 686 g/mol. The standard InChI is InChI=1S/C52H34N2/c1-3-14-35(15-4-1)40-20-13-21-42(32-40)49-34-50(46-25-12-11-22-43(46)36-16-5-2-6-17-36)54-52(53-49)39-28-26-38(27-29-39)51-45-24-10-8-19-41(45)33-48-44-23-9-7-18-37(44)30-31-47(48)51/h1-34H. The van der Waals surface area contributed by atoms with Crippen molar-refractivity contribution in [3.8, 4) is 67.3 Å². The van der Waals surface area contributed by atoms with Crippen LogP contribution in [-0.2, 0) is 0 Å². The van der Waals surface area contributed by atoms with E-state index in [0.29, 0.717) is 5.82 Å². The van der Waals surface area contributed by atoms with Crippen molar-refractivity contribution in [3.05, 3.63) is 206 Å². The molecule has 0 N–H and O–H groups in total. The van der Waals surface area contributed by atoms with Crippen molar-refractivity contribution in [1.82, 2.24) is 9.97 Å². The lowest BCUT2D eigenvalue weighted by Gasteiger charge is -2.15. The van der Waals surface area contributed by atoms with Crippen molar-refractivity contribution in [2.75, 3.05) is 0 Å². The summed E-state index contributed by atoms with van der Waals surface area (Å²) in [6.45, 7) is 0. The van der Waals surface area contributed by atoms with Gasteiger partial charge in [0.25, 0.3) is 0 Å². The summed E-state index contributed by atoms with van der Waals surface area (Å²) in [4.78, 5) is 10.6. The van der Waals surface area contributed by atoms with Crippen molar-refractivity contribution >= 4 is 32.3 Å². The Bertz CT molecular complexity index is 2970. The Hall–Kier alpha value is -7.16. The molecule has 2 heteroatoms. The lowest BCUT2D eigenvalue weighted by Crippen LogP contribution is -1.97. The van der Waals surface area contributed by atoms with Gasteiger partial charge in [-0.15, -0.1) is 0 Å². The van der Waals surface area contributed by atoms with Gasteiger partial charge in [-0.2, -0.15) is 0 Å². The lowest BCUT2D eigenvalue weighted by molar-refractivity contribution is 1.18. The van der Waals surface area contributed by atoms with E-state index in [9.17, 15) is 0 Å². The molecule has 2 nitrogen and oxygen atoms in total. The maximum Gasteiger partial charge on any atom is 0.160 e. The highest BCUT2D eigenvalue weighted by atomic mass is 14.9. The summed E-state index contributed by atoms with van der Waals surface area (Å²) in [5.74, 6) is 0.691. The molecule has 0 aliphatic carbocycles. The fraction of sp³-hybridized carbons (Fsp3) is 0. The van der Waals surface area contributed by atoms with E-state index in [2.05, 4.69) is 206 Å². The molecule has 0 bridgehead atoms. The largest absolute Gasteiger partial charge is 0.228 e. The molecule has 10 rings (SSSR count). The van der Waals surface area contributed by atoms with Crippen LogP contribution in [0.25, 0.3) is 99.6 Å². The van der Waals surface area contributed by atoms with E-state index < -0.39 is 0 Å². The third-order valence-corrected chi connectivity index (χ3v) is 10.5. The minimum Gasteiger partial charge on any atom is -0.228 e. The molecule has 0 aliphatic rings. The summed E-state index contributed by atoms with van der Waals surface area (Å²) in [5, 5.41) is 7.50. The van der Waals surface area contributed by atoms with Crippen LogP contribution in [0.4, 0.5) is 0 Å². The summed E-state index contributed by atoms with van der Waals surface area (Å²) in [7, 11) is 0. The van der Waals surface area contributed by atoms with E-state index in [0.717, 1.165) is 50.3 Å². The molecule has 10 aromatic rings. The fourth-order valence-electron chi connectivity index (χ4n) is 7.84. The quantitative estimate of drug-likeness (QED) is 0.129. The third kappa shape index (κ3) is 5.71. The second kappa shape index (κ2) is 13.4. The Morgan fingerprint density at radius 2 is 0.852 bits per heavy atom. The van der Waals surface area contributed by atoms with Crippen molar-refractivity contribution in [3.63, 3.8) is 0 Å². The van der Waals surface area contributed by atoms with Gasteiger partial charge in [-0.1, -0.05) is 188 Å². The van der Waals surface area contributed by atoms with Gasteiger partial charge in [0.2, 0.25) is 0 Å². The molecular weight excluding hydrogens is 653 g/mol. The lowest BCUT2D eigenvalue weighted by atomic mass is 9.89. The van der Waals surface area contributed by atoms with Gasteiger partial charge >= 0.3 is 0 Å². The maximum absolute atomic E-state index is 5.29. The highest BCUT2D eigenvalue weighted by Gasteiger charge is 2.16. The van der Waals surface area contributed by atoms with Crippen LogP contribution in [-0.4, -0.2) is 9.97 Å². The van der Waals surface area contributed by atoms with E-state index >= 15 is 0 Å². The molecule has 1 aromatic heterocycles. The summed E-state index contributed by atoms with van der Waals surface area (Å²) in [6.07, 6.45) is 0. The number of rotatable bonds is 6. The molecule has 0 fully saturated rings. The minimum atomic E-state index is 0.691. The van der Waals surface area contributed by atoms with Crippen LogP contribution >= 0.6 is 0 Å². The molecule has 252 valence electrons. The highest BCUT2D eigenvalue weighted by molar-refractivity contribution is 6.20. The number of benzene rings is 9. The zero-order valence-corrected chi connectivity index (χ0v) is 29.5.